The zero-order chi connectivity index (χ0) is 19.4. The van der Waals surface area contributed by atoms with Gasteiger partial charge in [0.2, 0.25) is 0 Å². The Bertz CT molecular complexity index is 585. The second-order valence-electron chi connectivity index (χ2n) is 6.69. The van der Waals surface area contributed by atoms with Gasteiger partial charge in [-0.05, 0) is 55.2 Å². The van der Waals surface area contributed by atoms with Gasteiger partial charge in [-0.3, -0.25) is 0 Å². The molecule has 1 aromatic rings. The van der Waals surface area contributed by atoms with E-state index in [2.05, 4.69) is 17.7 Å². The van der Waals surface area contributed by atoms with Gasteiger partial charge >= 0.3 is 12.3 Å². The highest BCUT2D eigenvalue weighted by molar-refractivity contribution is 5.50. The Labute approximate surface area is 149 Å². The average Bonchev–Trinajstić information content (AvgIpc) is 2.60. The van der Waals surface area contributed by atoms with E-state index in [0.717, 1.165) is 30.9 Å². The van der Waals surface area contributed by atoms with Crippen LogP contribution in [0.4, 0.5) is 26.3 Å². The van der Waals surface area contributed by atoms with E-state index in [9.17, 15) is 26.3 Å². The molecule has 0 amide bonds. The minimum atomic E-state index is -5.69. The van der Waals surface area contributed by atoms with E-state index in [0.29, 0.717) is 11.5 Å². The number of ether oxygens (including phenoxy) is 1. The number of halogens is 6. The molecule has 1 nitrogen and oxygen atoms in total. The average molecular weight is 380 g/mol. The lowest BCUT2D eigenvalue weighted by Gasteiger charge is -2.25. The van der Waals surface area contributed by atoms with Gasteiger partial charge in [-0.25, -0.2) is 4.39 Å². The van der Waals surface area contributed by atoms with E-state index in [1.165, 1.54) is 31.4 Å². The van der Waals surface area contributed by atoms with E-state index in [-0.39, 0.29) is 0 Å². The summed E-state index contributed by atoms with van der Waals surface area (Å²) in [4.78, 5) is 0. The Hall–Kier alpha value is -1.66. The molecule has 0 aliphatic heterocycles. The van der Waals surface area contributed by atoms with E-state index in [1.54, 1.807) is 0 Å². The Morgan fingerprint density at radius 3 is 2.12 bits per heavy atom. The molecule has 0 bridgehead atoms. The van der Waals surface area contributed by atoms with Crippen LogP contribution in [0.2, 0.25) is 0 Å². The summed E-state index contributed by atoms with van der Waals surface area (Å²) in [6, 6.07) is 5.09. The predicted octanol–water partition coefficient (Wildman–Crippen LogP) is 6.79. The molecule has 1 fully saturated rings. The van der Waals surface area contributed by atoms with Crippen molar-refractivity contribution in [2.24, 2.45) is 11.8 Å². The molecule has 0 saturated heterocycles. The van der Waals surface area contributed by atoms with Gasteiger partial charge in [0, 0.05) is 0 Å². The van der Waals surface area contributed by atoms with Crippen molar-refractivity contribution in [3.05, 3.63) is 35.9 Å². The van der Waals surface area contributed by atoms with Crippen LogP contribution in [-0.2, 0) is 0 Å². The quantitative estimate of drug-likeness (QED) is 0.494. The van der Waals surface area contributed by atoms with Crippen LogP contribution in [0.5, 0.6) is 5.75 Å². The molecule has 1 atom stereocenters. The van der Waals surface area contributed by atoms with E-state index >= 15 is 0 Å². The third kappa shape index (κ3) is 5.68. The minimum Gasteiger partial charge on any atom is -0.430 e. The van der Waals surface area contributed by atoms with Gasteiger partial charge in [0.1, 0.15) is 5.75 Å². The standard InChI is InChI=1S/C19H22F6O/c1-2-13-3-5-14(6-4-13)7-8-15-9-11-16(12-10-15)26-19(24,25)17(20)18(21,22)23/h7-14,17H,2-6H2,1H3. The highest BCUT2D eigenvalue weighted by atomic mass is 19.4. The molecule has 1 saturated carbocycles. The number of allylic oxidation sites excluding steroid dienone is 1. The first-order chi connectivity index (χ1) is 12.1. The van der Waals surface area contributed by atoms with Crippen LogP contribution in [0.15, 0.2) is 30.3 Å². The summed E-state index contributed by atoms with van der Waals surface area (Å²) < 4.78 is 79.4. The van der Waals surface area contributed by atoms with Crippen LogP contribution in [0, 0.1) is 11.8 Å². The summed E-state index contributed by atoms with van der Waals surface area (Å²) in [5, 5.41) is 0. The normalized spacial score (nSPS) is 23.2. The molecule has 0 N–H and O–H groups in total. The summed E-state index contributed by atoms with van der Waals surface area (Å²) in [7, 11) is 0. The summed E-state index contributed by atoms with van der Waals surface area (Å²) in [6.45, 7) is 2.19. The van der Waals surface area contributed by atoms with E-state index < -0.39 is 24.2 Å². The Morgan fingerprint density at radius 2 is 1.62 bits per heavy atom. The third-order valence-electron chi connectivity index (χ3n) is 4.75. The molecule has 0 aromatic heterocycles. The largest absolute Gasteiger partial charge is 0.439 e. The van der Waals surface area contributed by atoms with Crippen molar-refractivity contribution in [2.75, 3.05) is 0 Å². The van der Waals surface area contributed by atoms with Crippen LogP contribution in [-0.4, -0.2) is 18.5 Å². The number of rotatable bonds is 6. The first-order valence-corrected chi connectivity index (χ1v) is 8.67. The zero-order valence-electron chi connectivity index (χ0n) is 14.4. The second-order valence-corrected chi connectivity index (χ2v) is 6.69. The van der Waals surface area contributed by atoms with E-state index in [4.69, 9.17) is 0 Å². The third-order valence-corrected chi connectivity index (χ3v) is 4.75. The molecule has 0 heterocycles. The SMILES string of the molecule is CCC1CCC(C=Cc2ccc(OC(F)(F)C(F)C(F)(F)F)cc2)CC1. The topological polar surface area (TPSA) is 9.23 Å². The molecule has 0 spiro atoms. The fourth-order valence-corrected chi connectivity index (χ4v) is 3.08. The van der Waals surface area contributed by atoms with Gasteiger partial charge in [0.25, 0.3) is 6.17 Å². The molecule has 146 valence electrons. The molecular formula is C19H22F6O. The molecule has 1 aromatic carbocycles. The Balaban J connectivity index is 1.93. The van der Waals surface area contributed by atoms with Crippen molar-refractivity contribution in [2.45, 2.75) is 57.5 Å². The summed E-state index contributed by atoms with van der Waals surface area (Å²) in [5.74, 6) is 0.730. The monoisotopic (exact) mass is 380 g/mol. The molecule has 7 heteroatoms. The van der Waals surface area contributed by atoms with Crippen molar-refractivity contribution in [3.8, 4) is 5.75 Å². The maximum Gasteiger partial charge on any atom is 0.439 e. The van der Waals surface area contributed by atoms with Crippen LogP contribution >= 0.6 is 0 Å². The van der Waals surface area contributed by atoms with Gasteiger partial charge in [0.05, 0.1) is 0 Å². The predicted molar refractivity (Wildman–Crippen MR) is 87.7 cm³/mol. The lowest BCUT2D eigenvalue weighted by molar-refractivity contribution is -0.304. The van der Waals surface area contributed by atoms with E-state index in [1.807, 2.05) is 6.08 Å². The smallest absolute Gasteiger partial charge is 0.430 e. The number of hydrogen-bond donors (Lipinski definition) is 0. The van der Waals surface area contributed by atoms with Crippen molar-refractivity contribution in [1.29, 1.82) is 0 Å². The molecule has 0 radical (unpaired) electrons. The molecule has 1 aliphatic carbocycles. The Morgan fingerprint density at radius 1 is 1.04 bits per heavy atom. The second kappa shape index (κ2) is 8.35. The highest BCUT2D eigenvalue weighted by Crippen LogP contribution is 2.36. The summed E-state index contributed by atoms with van der Waals surface area (Å²) >= 11 is 0. The summed E-state index contributed by atoms with van der Waals surface area (Å²) in [5.41, 5.74) is 0.714. The van der Waals surface area contributed by atoms with Gasteiger partial charge < -0.3 is 4.74 Å². The number of hydrogen-bond acceptors (Lipinski definition) is 1. The zero-order valence-corrected chi connectivity index (χ0v) is 14.4. The van der Waals surface area contributed by atoms with Crippen molar-refractivity contribution in [1.82, 2.24) is 0 Å². The first kappa shape index (κ1) is 20.6. The van der Waals surface area contributed by atoms with Gasteiger partial charge in [-0.2, -0.15) is 22.0 Å². The van der Waals surface area contributed by atoms with Crippen LogP contribution in [0.3, 0.4) is 0 Å². The van der Waals surface area contributed by atoms with Crippen molar-refractivity contribution in [3.63, 3.8) is 0 Å². The molecule has 1 aliphatic rings. The van der Waals surface area contributed by atoms with Crippen molar-refractivity contribution >= 4 is 6.08 Å². The van der Waals surface area contributed by atoms with Crippen LogP contribution < -0.4 is 4.74 Å². The molecule has 26 heavy (non-hydrogen) atoms. The lowest BCUT2D eigenvalue weighted by Crippen LogP contribution is -2.45. The number of benzene rings is 1. The maximum atomic E-state index is 13.2. The van der Waals surface area contributed by atoms with Crippen LogP contribution in [0.1, 0.15) is 44.6 Å². The maximum absolute atomic E-state index is 13.2. The molecule has 2 rings (SSSR count). The fraction of sp³-hybridized carbons (Fsp3) is 0.579. The minimum absolute atomic E-state index is 0.470. The Kier molecular flexibility index (Phi) is 6.64. The van der Waals surface area contributed by atoms with Gasteiger partial charge in [0.15, 0.2) is 0 Å². The first-order valence-electron chi connectivity index (χ1n) is 8.67. The molecule has 1 unspecified atom stereocenters. The van der Waals surface area contributed by atoms with Gasteiger partial charge in [-0.15, -0.1) is 0 Å². The fourth-order valence-electron chi connectivity index (χ4n) is 3.08. The lowest BCUT2D eigenvalue weighted by atomic mass is 9.80. The van der Waals surface area contributed by atoms with Crippen molar-refractivity contribution < 1.29 is 31.1 Å². The number of alkyl halides is 6. The van der Waals surface area contributed by atoms with Crippen LogP contribution in [0.25, 0.3) is 6.08 Å². The molecular weight excluding hydrogens is 358 g/mol. The highest BCUT2D eigenvalue weighted by Gasteiger charge is 2.59. The van der Waals surface area contributed by atoms with Gasteiger partial charge in [-0.1, -0.05) is 37.6 Å². The summed E-state index contributed by atoms with van der Waals surface area (Å²) in [6.07, 6.45) is -5.34.